The van der Waals surface area contributed by atoms with Crippen molar-refractivity contribution in [3.05, 3.63) is 74.2 Å². The van der Waals surface area contributed by atoms with Gasteiger partial charge in [-0.15, -0.1) is 0 Å². The van der Waals surface area contributed by atoms with Crippen molar-refractivity contribution in [2.45, 2.75) is 24.6 Å². The Morgan fingerprint density at radius 3 is 2.46 bits per heavy atom. The Hall–Kier alpha value is -1.36. The lowest BCUT2D eigenvalue weighted by Gasteiger charge is -2.39. The predicted octanol–water partition coefficient (Wildman–Crippen LogP) is 7.49. The number of benzene rings is 2. The predicted molar refractivity (Wildman–Crippen MR) is 99.3 cm³/mol. The van der Waals surface area contributed by atoms with Gasteiger partial charge < -0.3 is 5.32 Å². The van der Waals surface area contributed by atoms with Crippen LogP contribution in [0.25, 0.3) is 0 Å². The van der Waals surface area contributed by atoms with Crippen LogP contribution in [0.15, 0.2) is 42.5 Å². The zero-order valence-corrected chi connectivity index (χ0v) is 15.5. The summed E-state index contributed by atoms with van der Waals surface area (Å²) < 4.78 is 40.7. The van der Waals surface area contributed by atoms with Crippen molar-refractivity contribution < 1.29 is 13.2 Å². The van der Waals surface area contributed by atoms with Crippen LogP contribution in [0, 0.1) is 5.92 Å². The molecule has 0 fully saturated rings. The van der Waals surface area contributed by atoms with Crippen molar-refractivity contribution in [1.82, 2.24) is 0 Å². The number of allylic oxidation sites excluding steroid dienone is 2. The largest absolute Gasteiger partial charge is 0.416 e. The van der Waals surface area contributed by atoms with Crippen molar-refractivity contribution in [2.75, 3.05) is 5.32 Å². The van der Waals surface area contributed by atoms with Crippen LogP contribution in [0.1, 0.15) is 35.1 Å². The third-order valence-electron chi connectivity index (χ3n) is 5.07. The lowest BCUT2D eigenvalue weighted by molar-refractivity contribution is -0.138. The number of rotatable bonds is 1. The highest BCUT2D eigenvalue weighted by molar-refractivity contribution is 6.35. The zero-order valence-electron chi connectivity index (χ0n) is 13.2. The molecule has 0 bridgehead atoms. The minimum Gasteiger partial charge on any atom is -0.376 e. The molecule has 3 atom stereocenters. The van der Waals surface area contributed by atoms with E-state index in [9.17, 15) is 13.2 Å². The number of fused-ring (bicyclic) bond motifs is 3. The maximum Gasteiger partial charge on any atom is 0.416 e. The van der Waals surface area contributed by atoms with Gasteiger partial charge in [-0.2, -0.15) is 13.2 Å². The van der Waals surface area contributed by atoms with Crippen LogP contribution >= 0.6 is 34.8 Å². The van der Waals surface area contributed by atoms with Crippen molar-refractivity contribution in [3.63, 3.8) is 0 Å². The van der Waals surface area contributed by atoms with Crippen LogP contribution in [0.3, 0.4) is 0 Å². The molecular weight excluding hydrogens is 406 g/mol. The Bertz CT molecular complexity index is 908. The van der Waals surface area contributed by atoms with Gasteiger partial charge in [-0.05, 0) is 47.7 Å². The van der Waals surface area contributed by atoms with Crippen molar-refractivity contribution in [1.29, 1.82) is 0 Å². The summed E-state index contributed by atoms with van der Waals surface area (Å²) >= 11 is 18.6. The minimum absolute atomic E-state index is 0.0826. The maximum absolute atomic E-state index is 13.6. The molecule has 0 amide bonds. The van der Waals surface area contributed by atoms with E-state index in [4.69, 9.17) is 34.8 Å². The van der Waals surface area contributed by atoms with Gasteiger partial charge in [-0.3, -0.25) is 0 Å². The summed E-state index contributed by atoms with van der Waals surface area (Å²) in [4.78, 5) is 0. The van der Waals surface area contributed by atoms with Crippen LogP contribution in [0.5, 0.6) is 0 Å². The van der Waals surface area contributed by atoms with Gasteiger partial charge in [-0.25, -0.2) is 0 Å². The average Bonchev–Trinajstić information content (AvgIpc) is 3.03. The summed E-state index contributed by atoms with van der Waals surface area (Å²) in [5.74, 6) is -0.459. The Kier molecular flexibility index (Phi) is 4.41. The fourth-order valence-electron chi connectivity index (χ4n) is 3.98. The van der Waals surface area contributed by atoms with Gasteiger partial charge in [0.2, 0.25) is 0 Å². The Morgan fingerprint density at radius 1 is 1.00 bits per heavy atom. The molecule has 2 aliphatic rings. The van der Waals surface area contributed by atoms with Gasteiger partial charge in [0.05, 0.1) is 22.3 Å². The van der Waals surface area contributed by atoms with Crippen LogP contribution in [0.2, 0.25) is 15.1 Å². The van der Waals surface area contributed by atoms with Crippen molar-refractivity contribution in [2.24, 2.45) is 5.92 Å². The van der Waals surface area contributed by atoms with E-state index in [0.29, 0.717) is 22.2 Å². The first kappa shape index (κ1) is 18.0. The molecule has 2 aromatic carbocycles. The number of hydrogen-bond donors (Lipinski definition) is 1. The minimum atomic E-state index is -4.44. The molecular formula is C19H13Cl3F3N. The van der Waals surface area contributed by atoms with E-state index >= 15 is 0 Å². The normalized spacial score (nSPS) is 24.2. The molecule has 1 aliphatic carbocycles. The highest BCUT2D eigenvalue weighted by Crippen LogP contribution is 2.55. The highest BCUT2D eigenvalue weighted by Gasteiger charge is 2.45. The summed E-state index contributed by atoms with van der Waals surface area (Å²) in [7, 11) is 0. The molecule has 1 heterocycles. The fraction of sp³-hybridized carbons (Fsp3) is 0.263. The van der Waals surface area contributed by atoms with E-state index < -0.39 is 11.7 Å². The zero-order chi connectivity index (χ0) is 18.6. The second-order valence-corrected chi connectivity index (χ2v) is 7.77. The summed E-state index contributed by atoms with van der Waals surface area (Å²) in [5.41, 5.74) is 0.691. The van der Waals surface area contributed by atoms with E-state index in [1.807, 2.05) is 18.2 Å². The molecule has 0 unspecified atom stereocenters. The number of anilines is 1. The smallest absolute Gasteiger partial charge is 0.376 e. The second-order valence-electron chi connectivity index (χ2n) is 6.52. The average molecular weight is 419 g/mol. The Morgan fingerprint density at radius 2 is 1.77 bits per heavy atom. The standard InChI is InChI=1S/C19H13Cl3F3N/c20-9-4-5-12(15(22)8-9)17-11-3-1-2-10(11)16-13(19(23,24)25)6-7-14(21)18(16)26-17/h1-2,4-8,10-11,17,26H,3H2/t10-,11+,17+/m1/s1. The Balaban J connectivity index is 1.89. The molecule has 4 rings (SSSR count). The van der Waals surface area contributed by atoms with Crippen molar-refractivity contribution >= 4 is 40.5 Å². The first-order valence-electron chi connectivity index (χ1n) is 8.05. The van der Waals surface area contributed by atoms with Gasteiger partial charge in [0.25, 0.3) is 0 Å². The Labute approximate surface area is 163 Å². The molecule has 1 aliphatic heterocycles. The second kappa shape index (κ2) is 6.36. The number of alkyl halides is 3. The van der Waals surface area contributed by atoms with E-state index in [2.05, 4.69) is 5.32 Å². The number of halogens is 6. The molecule has 1 N–H and O–H groups in total. The molecule has 7 heteroatoms. The molecule has 26 heavy (non-hydrogen) atoms. The molecule has 2 aromatic rings. The van der Waals surface area contributed by atoms with Crippen molar-refractivity contribution in [3.8, 4) is 0 Å². The summed E-state index contributed by atoms with van der Waals surface area (Å²) in [6, 6.07) is 7.27. The topological polar surface area (TPSA) is 12.0 Å². The molecule has 0 radical (unpaired) electrons. The van der Waals surface area contributed by atoms with Crippen LogP contribution < -0.4 is 5.32 Å². The number of nitrogens with one attached hydrogen (secondary N) is 1. The van der Waals surface area contributed by atoms with Gasteiger partial charge in [0.15, 0.2) is 0 Å². The van der Waals surface area contributed by atoms with E-state index in [0.717, 1.165) is 11.6 Å². The number of hydrogen-bond acceptors (Lipinski definition) is 1. The van der Waals surface area contributed by atoms with Gasteiger partial charge in [0.1, 0.15) is 0 Å². The van der Waals surface area contributed by atoms with Gasteiger partial charge in [0, 0.05) is 16.0 Å². The fourth-order valence-corrected chi connectivity index (χ4v) is 4.73. The van der Waals surface area contributed by atoms with E-state index in [1.165, 1.54) is 6.07 Å². The van der Waals surface area contributed by atoms with Crippen LogP contribution in [-0.4, -0.2) is 0 Å². The highest BCUT2D eigenvalue weighted by atomic mass is 35.5. The monoisotopic (exact) mass is 417 g/mol. The van der Waals surface area contributed by atoms with Crippen LogP contribution in [-0.2, 0) is 6.18 Å². The molecule has 1 nitrogen and oxygen atoms in total. The lowest BCUT2D eigenvalue weighted by atomic mass is 9.75. The van der Waals surface area contributed by atoms with E-state index in [-0.39, 0.29) is 28.5 Å². The third kappa shape index (κ3) is 2.88. The maximum atomic E-state index is 13.6. The molecule has 0 aromatic heterocycles. The van der Waals surface area contributed by atoms with E-state index in [1.54, 1.807) is 12.1 Å². The van der Waals surface area contributed by atoms with Crippen LogP contribution in [0.4, 0.5) is 18.9 Å². The molecule has 0 saturated heterocycles. The third-order valence-corrected chi connectivity index (χ3v) is 5.95. The quantitative estimate of drug-likeness (QED) is 0.473. The van der Waals surface area contributed by atoms with Gasteiger partial charge in [-0.1, -0.05) is 53.0 Å². The summed E-state index contributed by atoms with van der Waals surface area (Å²) in [5, 5.41) is 4.48. The van der Waals surface area contributed by atoms with Gasteiger partial charge >= 0.3 is 6.18 Å². The first-order valence-corrected chi connectivity index (χ1v) is 9.18. The lowest BCUT2D eigenvalue weighted by Crippen LogP contribution is -2.31. The molecule has 136 valence electrons. The summed E-state index contributed by atoms with van der Waals surface area (Å²) in [6.45, 7) is 0. The molecule has 0 saturated carbocycles. The SMILES string of the molecule is FC(F)(F)c1ccc(Cl)c2c1[C@@H]1C=CC[C@@H]1[C@@H](c1ccc(Cl)cc1Cl)N2. The first-order chi connectivity index (χ1) is 12.3. The molecule has 0 spiro atoms. The summed E-state index contributed by atoms with van der Waals surface area (Å²) in [6.07, 6.45) is -0.0245.